The Balaban J connectivity index is 3.10. The summed E-state index contributed by atoms with van der Waals surface area (Å²) in [4.78, 5) is 0.393. The summed E-state index contributed by atoms with van der Waals surface area (Å²) >= 11 is 0. The Kier molecular flexibility index (Phi) is 6.84. The van der Waals surface area contributed by atoms with E-state index in [1.54, 1.807) is 6.07 Å². The number of aryl methyl sites for hydroxylation is 2. The first kappa shape index (κ1) is 18.1. The molecule has 120 valence electrons. The van der Waals surface area contributed by atoms with Crippen molar-refractivity contribution < 1.29 is 8.42 Å². The summed E-state index contributed by atoms with van der Waals surface area (Å²) < 4.78 is 27.9. The Morgan fingerprint density at radius 1 is 1.14 bits per heavy atom. The maximum absolute atomic E-state index is 12.5. The number of sulfonamides is 1. The molecule has 0 bridgehead atoms. The maximum Gasteiger partial charge on any atom is 0.241 e. The lowest BCUT2D eigenvalue weighted by Gasteiger charge is -2.17. The monoisotopic (exact) mass is 312 g/mol. The van der Waals surface area contributed by atoms with Crippen LogP contribution in [-0.2, 0) is 16.6 Å². The van der Waals surface area contributed by atoms with Gasteiger partial charge in [-0.3, -0.25) is 0 Å². The molecule has 5 heteroatoms. The molecule has 0 amide bonds. The fourth-order valence-corrected chi connectivity index (χ4v) is 3.99. The van der Waals surface area contributed by atoms with Gasteiger partial charge < -0.3 is 5.32 Å². The minimum Gasteiger partial charge on any atom is -0.313 e. The zero-order chi connectivity index (χ0) is 16.0. The first-order chi connectivity index (χ1) is 9.81. The van der Waals surface area contributed by atoms with Crippen molar-refractivity contribution in [1.29, 1.82) is 0 Å². The van der Waals surface area contributed by atoms with Gasteiger partial charge in [-0.05, 0) is 56.5 Å². The molecule has 2 N–H and O–H groups in total. The first-order valence-electron chi connectivity index (χ1n) is 7.65. The highest BCUT2D eigenvalue weighted by Gasteiger charge is 2.20. The van der Waals surface area contributed by atoms with Crippen LogP contribution in [-0.4, -0.2) is 21.0 Å². The lowest BCUT2D eigenvalue weighted by molar-refractivity contribution is 0.543. The van der Waals surface area contributed by atoms with E-state index in [0.717, 1.165) is 36.1 Å². The molecule has 21 heavy (non-hydrogen) atoms. The fourth-order valence-electron chi connectivity index (χ4n) is 2.43. The molecule has 4 nitrogen and oxygen atoms in total. The summed E-state index contributed by atoms with van der Waals surface area (Å²) in [5.74, 6) is 0. The van der Waals surface area contributed by atoms with Crippen LogP contribution in [0.1, 0.15) is 50.3 Å². The van der Waals surface area contributed by atoms with Crippen molar-refractivity contribution in [3.8, 4) is 0 Å². The average Bonchev–Trinajstić information content (AvgIpc) is 2.37. The van der Waals surface area contributed by atoms with Crippen LogP contribution in [0.15, 0.2) is 17.0 Å². The first-order valence-corrected chi connectivity index (χ1v) is 9.13. The second-order valence-electron chi connectivity index (χ2n) is 5.64. The van der Waals surface area contributed by atoms with E-state index in [0.29, 0.717) is 11.4 Å². The molecule has 0 saturated heterocycles. The van der Waals surface area contributed by atoms with Crippen molar-refractivity contribution in [3.05, 3.63) is 28.8 Å². The Morgan fingerprint density at radius 3 is 2.38 bits per heavy atom. The van der Waals surface area contributed by atoms with Gasteiger partial charge in [0.05, 0.1) is 4.90 Å². The number of nitrogens with one attached hydrogen (secondary N) is 2. The normalized spacial score (nSPS) is 13.4. The van der Waals surface area contributed by atoms with Gasteiger partial charge in [0.2, 0.25) is 10.0 Å². The Bertz CT molecular complexity index is 568. The largest absolute Gasteiger partial charge is 0.313 e. The molecular formula is C16H28N2O2S. The third-order valence-corrected chi connectivity index (χ3v) is 5.30. The van der Waals surface area contributed by atoms with Gasteiger partial charge in [0.25, 0.3) is 0 Å². The van der Waals surface area contributed by atoms with Crippen LogP contribution in [0.5, 0.6) is 0 Å². The van der Waals surface area contributed by atoms with Gasteiger partial charge in [-0.2, -0.15) is 0 Å². The predicted molar refractivity (Wildman–Crippen MR) is 88.0 cm³/mol. The van der Waals surface area contributed by atoms with Crippen molar-refractivity contribution in [2.24, 2.45) is 0 Å². The van der Waals surface area contributed by atoms with Crippen LogP contribution in [0, 0.1) is 13.8 Å². The van der Waals surface area contributed by atoms with Crippen LogP contribution in [0.2, 0.25) is 0 Å². The minimum absolute atomic E-state index is 0.0436. The summed E-state index contributed by atoms with van der Waals surface area (Å²) in [5.41, 5.74) is 2.95. The second kappa shape index (κ2) is 7.92. The lowest BCUT2D eigenvalue weighted by Crippen LogP contribution is -2.33. The van der Waals surface area contributed by atoms with Crippen LogP contribution in [0.4, 0.5) is 0 Å². The predicted octanol–water partition coefficient (Wildman–Crippen LogP) is 2.88. The molecule has 0 aliphatic carbocycles. The molecule has 0 aliphatic rings. The quantitative estimate of drug-likeness (QED) is 0.776. The molecule has 0 aromatic heterocycles. The van der Waals surface area contributed by atoms with Crippen LogP contribution >= 0.6 is 0 Å². The molecule has 0 aliphatic heterocycles. The molecule has 1 unspecified atom stereocenters. The smallest absolute Gasteiger partial charge is 0.241 e. The van der Waals surface area contributed by atoms with Crippen molar-refractivity contribution >= 4 is 10.0 Å². The molecule has 0 saturated carbocycles. The summed E-state index contributed by atoms with van der Waals surface area (Å²) in [6.45, 7) is 11.4. The molecule has 0 heterocycles. The zero-order valence-electron chi connectivity index (χ0n) is 13.8. The number of hydrogen-bond donors (Lipinski definition) is 2. The topological polar surface area (TPSA) is 58.2 Å². The molecule has 0 spiro atoms. The fraction of sp³-hybridized carbons (Fsp3) is 0.625. The van der Waals surface area contributed by atoms with E-state index in [9.17, 15) is 8.42 Å². The van der Waals surface area contributed by atoms with Crippen molar-refractivity contribution in [1.82, 2.24) is 10.0 Å². The molecule has 1 rings (SSSR count). The van der Waals surface area contributed by atoms with Gasteiger partial charge in [0.15, 0.2) is 0 Å². The summed E-state index contributed by atoms with van der Waals surface area (Å²) in [5, 5.41) is 3.25. The van der Waals surface area contributed by atoms with E-state index in [1.165, 1.54) is 0 Å². The van der Waals surface area contributed by atoms with E-state index in [2.05, 4.69) is 17.0 Å². The highest BCUT2D eigenvalue weighted by molar-refractivity contribution is 7.89. The highest BCUT2D eigenvalue weighted by atomic mass is 32.2. The van der Waals surface area contributed by atoms with Gasteiger partial charge in [0.1, 0.15) is 0 Å². The van der Waals surface area contributed by atoms with Gasteiger partial charge in [-0.15, -0.1) is 0 Å². The van der Waals surface area contributed by atoms with E-state index in [-0.39, 0.29) is 6.04 Å². The minimum atomic E-state index is -3.45. The highest BCUT2D eigenvalue weighted by Crippen LogP contribution is 2.21. The van der Waals surface area contributed by atoms with Crippen molar-refractivity contribution in [2.45, 2.75) is 64.9 Å². The second-order valence-corrected chi connectivity index (χ2v) is 7.32. The Morgan fingerprint density at radius 2 is 1.81 bits per heavy atom. The van der Waals surface area contributed by atoms with Crippen LogP contribution in [0.25, 0.3) is 0 Å². The molecule has 0 fully saturated rings. The van der Waals surface area contributed by atoms with E-state index < -0.39 is 10.0 Å². The van der Waals surface area contributed by atoms with Gasteiger partial charge in [0, 0.05) is 12.6 Å². The Labute approximate surface area is 129 Å². The number of rotatable bonds is 8. The lowest BCUT2D eigenvalue weighted by atomic mass is 10.1. The van der Waals surface area contributed by atoms with Crippen LogP contribution in [0.3, 0.4) is 0 Å². The summed E-state index contributed by atoms with van der Waals surface area (Å²) in [6, 6.07) is 3.71. The van der Waals surface area contributed by atoms with E-state index in [4.69, 9.17) is 0 Å². The third kappa shape index (κ3) is 5.09. The van der Waals surface area contributed by atoms with E-state index in [1.807, 2.05) is 33.8 Å². The molecule has 1 atom stereocenters. The standard InChI is InChI=1S/C16H28N2O2S/c1-6-8-14(5)18-21(19,20)16-10-15(11-17-7-2)12(3)9-13(16)4/h9-10,14,17-18H,6-8,11H2,1-5H3. The summed E-state index contributed by atoms with van der Waals surface area (Å²) in [7, 11) is -3.45. The van der Waals surface area contributed by atoms with E-state index >= 15 is 0 Å². The number of benzene rings is 1. The Hall–Kier alpha value is -0.910. The molecular weight excluding hydrogens is 284 g/mol. The number of hydrogen-bond acceptors (Lipinski definition) is 3. The van der Waals surface area contributed by atoms with Crippen LogP contribution < -0.4 is 10.0 Å². The SMILES string of the molecule is CCCC(C)NS(=O)(=O)c1cc(CNCC)c(C)cc1C. The third-order valence-electron chi connectivity index (χ3n) is 3.57. The maximum atomic E-state index is 12.5. The van der Waals surface area contributed by atoms with Gasteiger partial charge >= 0.3 is 0 Å². The molecule has 1 aromatic carbocycles. The molecule has 0 radical (unpaired) electrons. The van der Waals surface area contributed by atoms with Gasteiger partial charge in [-0.25, -0.2) is 13.1 Å². The van der Waals surface area contributed by atoms with Crippen molar-refractivity contribution in [3.63, 3.8) is 0 Å². The molecule has 1 aromatic rings. The van der Waals surface area contributed by atoms with Gasteiger partial charge in [-0.1, -0.05) is 26.3 Å². The zero-order valence-corrected chi connectivity index (χ0v) is 14.6. The van der Waals surface area contributed by atoms with Crippen molar-refractivity contribution in [2.75, 3.05) is 6.54 Å². The average molecular weight is 312 g/mol. The summed E-state index contributed by atoms with van der Waals surface area (Å²) in [6.07, 6.45) is 1.80.